The van der Waals surface area contributed by atoms with Gasteiger partial charge in [0.1, 0.15) is 6.61 Å². The molecule has 21 heavy (non-hydrogen) atoms. The highest BCUT2D eigenvalue weighted by Crippen LogP contribution is 2.17. The summed E-state index contributed by atoms with van der Waals surface area (Å²) in [6.45, 7) is 7.32. The zero-order valence-electron chi connectivity index (χ0n) is 13.0. The number of hydrogen-bond donors (Lipinski definition) is 2. The smallest absolute Gasteiger partial charge is 0.248 e. The third-order valence-electron chi connectivity index (χ3n) is 3.81. The van der Waals surface area contributed by atoms with Crippen molar-refractivity contribution >= 4 is 11.7 Å². The Morgan fingerprint density at radius 1 is 1.29 bits per heavy atom. The molecule has 1 aliphatic heterocycles. The molecule has 0 spiro atoms. The van der Waals surface area contributed by atoms with Crippen molar-refractivity contribution < 1.29 is 19.5 Å². The van der Waals surface area contributed by atoms with Gasteiger partial charge in [0.25, 0.3) is 0 Å². The SMILES string of the molecule is COCCOCC(=O)N1CCN(C(C)(C)C(N)=NO)CC1. The average molecular weight is 302 g/mol. The van der Waals surface area contributed by atoms with E-state index in [1.807, 2.05) is 13.8 Å². The molecule has 0 atom stereocenters. The maximum Gasteiger partial charge on any atom is 0.248 e. The van der Waals surface area contributed by atoms with Gasteiger partial charge in [-0.3, -0.25) is 9.69 Å². The van der Waals surface area contributed by atoms with Gasteiger partial charge < -0.3 is 25.3 Å². The number of hydrogen-bond acceptors (Lipinski definition) is 6. The van der Waals surface area contributed by atoms with Crippen LogP contribution in [0.15, 0.2) is 5.16 Å². The summed E-state index contributed by atoms with van der Waals surface area (Å²) in [5.74, 6) is 0.150. The van der Waals surface area contributed by atoms with Gasteiger partial charge in [-0.05, 0) is 13.8 Å². The van der Waals surface area contributed by atoms with Crippen LogP contribution in [-0.2, 0) is 14.3 Å². The van der Waals surface area contributed by atoms with E-state index in [1.165, 1.54) is 0 Å². The summed E-state index contributed by atoms with van der Waals surface area (Å²) in [7, 11) is 1.59. The van der Waals surface area contributed by atoms with Crippen molar-refractivity contribution in [3.63, 3.8) is 0 Å². The fourth-order valence-electron chi connectivity index (χ4n) is 2.19. The number of carbonyl (C=O) groups is 1. The van der Waals surface area contributed by atoms with Gasteiger partial charge in [-0.2, -0.15) is 0 Å². The Bertz CT molecular complexity index is 365. The molecule has 0 bridgehead atoms. The topological polar surface area (TPSA) is 101 Å². The largest absolute Gasteiger partial charge is 0.409 e. The summed E-state index contributed by atoms with van der Waals surface area (Å²) >= 11 is 0. The number of piperazine rings is 1. The van der Waals surface area contributed by atoms with Crippen LogP contribution in [0.5, 0.6) is 0 Å². The first-order valence-electron chi connectivity index (χ1n) is 7.01. The lowest BCUT2D eigenvalue weighted by atomic mass is 10.0. The van der Waals surface area contributed by atoms with Gasteiger partial charge >= 0.3 is 0 Å². The first-order valence-corrected chi connectivity index (χ1v) is 7.01. The first kappa shape index (κ1) is 17.7. The number of rotatable bonds is 7. The number of ether oxygens (including phenoxy) is 2. The zero-order valence-corrected chi connectivity index (χ0v) is 13.0. The number of oxime groups is 1. The van der Waals surface area contributed by atoms with Crippen LogP contribution in [0.1, 0.15) is 13.8 Å². The van der Waals surface area contributed by atoms with Gasteiger partial charge in [0.2, 0.25) is 5.91 Å². The molecular weight excluding hydrogens is 276 g/mol. The second-order valence-electron chi connectivity index (χ2n) is 5.46. The summed E-state index contributed by atoms with van der Waals surface area (Å²) in [6.07, 6.45) is 0. The molecule has 1 rings (SSSR count). The summed E-state index contributed by atoms with van der Waals surface area (Å²) in [5, 5.41) is 11.9. The van der Waals surface area contributed by atoms with Crippen LogP contribution >= 0.6 is 0 Å². The van der Waals surface area contributed by atoms with Crippen molar-refractivity contribution in [1.82, 2.24) is 9.80 Å². The predicted octanol–water partition coefficient (Wildman–Crippen LogP) is -0.681. The molecule has 1 fully saturated rings. The normalized spacial score (nSPS) is 18.0. The number of amides is 1. The van der Waals surface area contributed by atoms with E-state index in [0.29, 0.717) is 39.4 Å². The molecule has 0 saturated carbocycles. The highest BCUT2D eigenvalue weighted by molar-refractivity contribution is 5.88. The molecule has 0 radical (unpaired) electrons. The molecule has 1 saturated heterocycles. The predicted molar refractivity (Wildman–Crippen MR) is 78.3 cm³/mol. The molecule has 1 amide bonds. The first-order chi connectivity index (χ1) is 9.93. The van der Waals surface area contributed by atoms with Crippen LogP contribution in [0.3, 0.4) is 0 Å². The standard InChI is InChI=1S/C13H26N4O4/c1-13(2,12(14)15-19)17-6-4-16(5-7-17)11(18)10-21-9-8-20-3/h19H,4-10H2,1-3H3,(H2,14,15). The minimum absolute atomic E-state index is 0.0210. The van der Waals surface area contributed by atoms with Gasteiger partial charge in [-0.15, -0.1) is 0 Å². The second kappa shape index (κ2) is 8.16. The van der Waals surface area contributed by atoms with E-state index < -0.39 is 5.54 Å². The van der Waals surface area contributed by atoms with Crippen LogP contribution in [0.2, 0.25) is 0 Å². The average Bonchev–Trinajstić information content (AvgIpc) is 2.50. The van der Waals surface area contributed by atoms with Crippen molar-refractivity contribution in [2.75, 3.05) is 53.1 Å². The molecule has 1 aliphatic rings. The van der Waals surface area contributed by atoms with E-state index in [2.05, 4.69) is 10.1 Å². The van der Waals surface area contributed by atoms with E-state index in [4.69, 9.17) is 20.4 Å². The summed E-state index contributed by atoms with van der Waals surface area (Å²) in [4.78, 5) is 15.8. The van der Waals surface area contributed by atoms with Crippen LogP contribution < -0.4 is 5.73 Å². The molecule has 122 valence electrons. The van der Waals surface area contributed by atoms with E-state index in [1.54, 1.807) is 12.0 Å². The monoisotopic (exact) mass is 302 g/mol. The highest BCUT2D eigenvalue weighted by Gasteiger charge is 2.34. The van der Waals surface area contributed by atoms with Gasteiger partial charge in [0.15, 0.2) is 5.84 Å². The third-order valence-corrected chi connectivity index (χ3v) is 3.81. The Hall–Kier alpha value is -1.38. The van der Waals surface area contributed by atoms with Crippen LogP contribution in [0, 0.1) is 0 Å². The number of amidine groups is 1. The van der Waals surface area contributed by atoms with Crippen LogP contribution in [0.4, 0.5) is 0 Å². The Balaban J connectivity index is 2.40. The molecule has 0 unspecified atom stereocenters. The lowest BCUT2D eigenvalue weighted by molar-refractivity contribution is -0.138. The number of nitrogens with zero attached hydrogens (tertiary/aromatic N) is 3. The summed E-state index contributed by atoms with van der Waals surface area (Å²) in [5.41, 5.74) is 5.19. The molecular formula is C13H26N4O4. The summed E-state index contributed by atoms with van der Waals surface area (Å²) in [6, 6.07) is 0. The number of carbonyl (C=O) groups excluding carboxylic acids is 1. The third kappa shape index (κ3) is 4.83. The minimum atomic E-state index is -0.529. The van der Waals surface area contributed by atoms with E-state index in [0.717, 1.165) is 0 Å². The van der Waals surface area contributed by atoms with E-state index in [-0.39, 0.29) is 18.3 Å². The molecule has 0 aromatic carbocycles. The van der Waals surface area contributed by atoms with Crippen molar-refractivity contribution in [2.45, 2.75) is 19.4 Å². The fourth-order valence-corrected chi connectivity index (χ4v) is 2.19. The van der Waals surface area contributed by atoms with Crippen molar-refractivity contribution in [1.29, 1.82) is 0 Å². The lowest BCUT2D eigenvalue weighted by Gasteiger charge is -2.43. The highest BCUT2D eigenvalue weighted by atomic mass is 16.5. The second-order valence-corrected chi connectivity index (χ2v) is 5.46. The molecule has 1 heterocycles. The molecule has 0 aromatic heterocycles. The lowest BCUT2D eigenvalue weighted by Crippen LogP contribution is -2.60. The van der Waals surface area contributed by atoms with Gasteiger partial charge in [0, 0.05) is 33.3 Å². The van der Waals surface area contributed by atoms with E-state index in [9.17, 15) is 4.79 Å². The van der Waals surface area contributed by atoms with Crippen LogP contribution in [0.25, 0.3) is 0 Å². The van der Waals surface area contributed by atoms with E-state index >= 15 is 0 Å². The maximum absolute atomic E-state index is 12.0. The number of nitrogens with two attached hydrogens (primary N) is 1. The van der Waals surface area contributed by atoms with Gasteiger partial charge in [-0.1, -0.05) is 5.16 Å². The molecule has 3 N–H and O–H groups in total. The molecule has 8 heteroatoms. The Morgan fingerprint density at radius 2 is 1.90 bits per heavy atom. The quantitative estimate of drug-likeness (QED) is 0.212. The zero-order chi connectivity index (χ0) is 15.9. The Labute approximate surface area is 125 Å². The van der Waals surface area contributed by atoms with Crippen molar-refractivity contribution in [2.24, 2.45) is 10.9 Å². The minimum Gasteiger partial charge on any atom is -0.409 e. The molecule has 8 nitrogen and oxygen atoms in total. The van der Waals surface area contributed by atoms with Gasteiger partial charge in [0.05, 0.1) is 18.8 Å². The maximum atomic E-state index is 12.0. The number of methoxy groups -OCH3 is 1. The Morgan fingerprint density at radius 3 is 2.43 bits per heavy atom. The Kier molecular flexibility index (Phi) is 6.86. The van der Waals surface area contributed by atoms with Crippen molar-refractivity contribution in [3.05, 3.63) is 0 Å². The molecule has 0 aromatic rings. The van der Waals surface area contributed by atoms with Crippen LogP contribution in [-0.4, -0.2) is 85.4 Å². The molecule has 0 aliphatic carbocycles. The van der Waals surface area contributed by atoms with Crippen molar-refractivity contribution in [3.8, 4) is 0 Å². The summed E-state index contributed by atoms with van der Waals surface area (Å²) < 4.78 is 10.1. The van der Waals surface area contributed by atoms with Gasteiger partial charge in [-0.25, -0.2) is 0 Å². The fraction of sp³-hybridized carbons (Fsp3) is 0.846.